The molecule has 2 amide bonds. The van der Waals surface area contributed by atoms with Crippen LogP contribution in [0.1, 0.15) is 46.0 Å². The van der Waals surface area contributed by atoms with E-state index in [1.807, 2.05) is 4.90 Å². The summed E-state index contributed by atoms with van der Waals surface area (Å²) >= 11 is 4.88. The Morgan fingerprint density at radius 3 is 2.56 bits per heavy atom. The molecule has 0 spiro atoms. The van der Waals surface area contributed by atoms with Gasteiger partial charge in [-0.25, -0.2) is 4.79 Å². The third-order valence-corrected chi connectivity index (χ3v) is 3.39. The van der Waals surface area contributed by atoms with Crippen molar-refractivity contribution in [3.8, 4) is 0 Å². The molecule has 3 N–H and O–H groups in total. The van der Waals surface area contributed by atoms with Gasteiger partial charge >= 0.3 is 6.03 Å². The minimum Gasteiger partial charge on any atom is -0.393 e. The van der Waals surface area contributed by atoms with Crippen molar-refractivity contribution in [2.75, 3.05) is 13.1 Å². The lowest BCUT2D eigenvalue weighted by Gasteiger charge is -2.26. The topological polar surface area (TPSA) is 58.4 Å². The van der Waals surface area contributed by atoms with Crippen molar-refractivity contribution in [2.24, 2.45) is 11.7 Å². The second kappa shape index (κ2) is 7.56. The van der Waals surface area contributed by atoms with E-state index in [-0.39, 0.29) is 6.03 Å². The SMILES string of the molecule is CC(C)CN(CCC(N)=S)C(=O)NC1CCCC1. The summed E-state index contributed by atoms with van der Waals surface area (Å²) in [5.41, 5.74) is 5.51. The molecule has 0 aromatic heterocycles. The van der Waals surface area contributed by atoms with Crippen LogP contribution >= 0.6 is 12.2 Å². The number of hydrogen-bond acceptors (Lipinski definition) is 2. The molecule has 0 unspecified atom stereocenters. The zero-order chi connectivity index (χ0) is 13.5. The summed E-state index contributed by atoms with van der Waals surface area (Å²) < 4.78 is 0. The summed E-state index contributed by atoms with van der Waals surface area (Å²) in [6, 6.07) is 0.392. The Bertz CT molecular complexity index is 288. The van der Waals surface area contributed by atoms with E-state index in [1.54, 1.807) is 0 Å². The van der Waals surface area contributed by atoms with Gasteiger partial charge in [-0.1, -0.05) is 38.9 Å². The van der Waals surface area contributed by atoms with Crippen molar-refractivity contribution in [1.82, 2.24) is 10.2 Å². The fraction of sp³-hybridized carbons (Fsp3) is 0.846. The summed E-state index contributed by atoms with van der Waals surface area (Å²) in [6.07, 6.45) is 5.26. The van der Waals surface area contributed by atoms with E-state index < -0.39 is 0 Å². The summed E-state index contributed by atoms with van der Waals surface area (Å²) in [5.74, 6) is 0.450. The molecule has 0 heterocycles. The van der Waals surface area contributed by atoms with Gasteiger partial charge in [0.05, 0.1) is 4.99 Å². The van der Waals surface area contributed by atoms with E-state index in [0.717, 1.165) is 19.4 Å². The van der Waals surface area contributed by atoms with Crippen LogP contribution in [0.4, 0.5) is 4.79 Å². The first-order valence-corrected chi connectivity index (χ1v) is 7.23. The van der Waals surface area contributed by atoms with Gasteiger partial charge < -0.3 is 16.0 Å². The van der Waals surface area contributed by atoms with E-state index >= 15 is 0 Å². The van der Waals surface area contributed by atoms with Crippen LogP contribution in [0.3, 0.4) is 0 Å². The van der Waals surface area contributed by atoms with Gasteiger partial charge in [-0.05, 0) is 18.8 Å². The fourth-order valence-electron chi connectivity index (χ4n) is 2.30. The number of nitrogens with two attached hydrogens (primary N) is 1. The third kappa shape index (κ3) is 5.67. The van der Waals surface area contributed by atoms with Crippen LogP contribution < -0.4 is 11.1 Å². The molecule has 1 rings (SSSR count). The first-order chi connectivity index (χ1) is 8.49. The van der Waals surface area contributed by atoms with Crippen LogP contribution in [0.5, 0.6) is 0 Å². The largest absolute Gasteiger partial charge is 0.393 e. The first kappa shape index (κ1) is 15.2. The molecule has 0 saturated heterocycles. The highest BCUT2D eigenvalue weighted by molar-refractivity contribution is 7.80. The van der Waals surface area contributed by atoms with Gasteiger partial charge in [-0.15, -0.1) is 0 Å². The lowest BCUT2D eigenvalue weighted by molar-refractivity contribution is 0.188. The van der Waals surface area contributed by atoms with Gasteiger partial charge in [0.1, 0.15) is 0 Å². The van der Waals surface area contributed by atoms with Gasteiger partial charge in [0.15, 0.2) is 0 Å². The second-order valence-corrected chi connectivity index (χ2v) is 6.01. The molecule has 1 fully saturated rings. The maximum atomic E-state index is 12.2. The van der Waals surface area contributed by atoms with E-state index in [1.165, 1.54) is 12.8 Å². The number of carbonyl (C=O) groups is 1. The Kier molecular flexibility index (Phi) is 6.39. The van der Waals surface area contributed by atoms with Gasteiger partial charge in [0.25, 0.3) is 0 Å². The average molecular weight is 271 g/mol. The molecule has 5 heteroatoms. The number of nitrogens with one attached hydrogen (secondary N) is 1. The van der Waals surface area contributed by atoms with E-state index in [2.05, 4.69) is 19.2 Å². The highest BCUT2D eigenvalue weighted by Crippen LogP contribution is 2.18. The predicted octanol–water partition coefficient (Wildman–Crippen LogP) is 2.27. The van der Waals surface area contributed by atoms with Crippen molar-refractivity contribution < 1.29 is 4.79 Å². The number of thiocarbonyl (C=S) groups is 1. The molecule has 0 aromatic rings. The standard InChI is InChI=1S/C13H25N3OS/c1-10(2)9-16(8-7-12(14)18)13(17)15-11-5-3-4-6-11/h10-11H,3-9H2,1-2H3,(H2,14,18)(H,15,17). The van der Waals surface area contributed by atoms with Crippen molar-refractivity contribution in [1.29, 1.82) is 0 Å². The van der Waals surface area contributed by atoms with Crippen molar-refractivity contribution in [3.05, 3.63) is 0 Å². The molecular weight excluding hydrogens is 246 g/mol. The molecule has 1 aliphatic carbocycles. The molecule has 0 bridgehead atoms. The molecule has 1 saturated carbocycles. The number of hydrogen-bond donors (Lipinski definition) is 2. The lowest BCUT2D eigenvalue weighted by Crippen LogP contribution is -2.46. The summed E-state index contributed by atoms with van der Waals surface area (Å²) in [4.78, 5) is 14.5. The summed E-state index contributed by atoms with van der Waals surface area (Å²) in [6.45, 7) is 5.58. The Morgan fingerprint density at radius 2 is 2.06 bits per heavy atom. The molecule has 0 aromatic carbocycles. The summed E-state index contributed by atoms with van der Waals surface area (Å²) in [5, 5.41) is 3.11. The molecule has 4 nitrogen and oxygen atoms in total. The van der Waals surface area contributed by atoms with Gasteiger partial charge in [-0.3, -0.25) is 0 Å². The Labute approximate surface area is 115 Å². The second-order valence-electron chi connectivity index (χ2n) is 5.49. The zero-order valence-electron chi connectivity index (χ0n) is 11.4. The number of amides is 2. The van der Waals surface area contributed by atoms with Gasteiger partial charge in [-0.2, -0.15) is 0 Å². The zero-order valence-corrected chi connectivity index (χ0v) is 12.3. The minimum atomic E-state index is 0.0341. The Hall–Kier alpha value is -0.840. The van der Waals surface area contributed by atoms with Crippen molar-refractivity contribution in [3.63, 3.8) is 0 Å². The number of urea groups is 1. The Balaban J connectivity index is 2.45. The highest BCUT2D eigenvalue weighted by Gasteiger charge is 2.21. The van der Waals surface area contributed by atoms with Crippen molar-refractivity contribution >= 4 is 23.2 Å². The predicted molar refractivity (Wildman–Crippen MR) is 78.6 cm³/mol. The Morgan fingerprint density at radius 1 is 1.44 bits per heavy atom. The van der Waals surface area contributed by atoms with Gasteiger partial charge in [0, 0.05) is 25.6 Å². The molecular formula is C13H25N3OS. The van der Waals surface area contributed by atoms with Crippen LogP contribution in [-0.4, -0.2) is 35.1 Å². The molecule has 104 valence electrons. The maximum Gasteiger partial charge on any atom is 0.317 e. The number of nitrogens with zero attached hydrogens (tertiary/aromatic N) is 1. The normalized spacial score (nSPS) is 15.9. The smallest absolute Gasteiger partial charge is 0.317 e. The van der Waals surface area contributed by atoms with E-state index in [4.69, 9.17) is 18.0 Å². The van der Waals surface area contributed by atoms with Crippen LogP contribution in [0.25, 0.3) is 0 Å². The minimum absolute atomic E-state index is 0.0341. The van der Waals surface area contributed by atoms with Gasteiger partial charge in [0.2, 0.25) is 0 Å². The van der Waals surface area contributed by atoms with E-state index in [0.29, 0.717) is 29.9 Å². The third-order valence-electron chi connectivity index (χ3n) is 3.18. The number of rotatable bonds is 6. The van der Waals surface area contributed by atoms with Crippen LogP contribution in [-0.2, 0) is 0 Å². The van der Waals surface area contributed by atoms with Crippen LogP contribution in [0, 0.1) is 5.92 Å². The maximum absolute atomic E-state index is 12.2. The summed E-state index contributed by atoms with van der Waals surface area (Å²) in [7, 11) is 0. The monoisotopic (exact) mass is 271 g/mol. The van der Waals surface area contributed by atoms with Crippen LogP contribution in [0.2, 0.25) is 0 Å². The number of carbonyl (C=O) groups excluding carboxylic acids is 1. The van der Waals surface area contributed by atoms with E-state index in [9.17, 15) is 4.79 Å². The van der Waals surface area contributed by atoms with Crippen molar-refractivity contribution in [2.45, 2.75) is 52.0 Å². The molecule has 18 heavy (non-hydrogen) atoms. The average Bonchev–Trinajstić information content (AvgIpc) is 2.76. The first-order valence-electron chi connectivity index (χ1n) is 6.82. The highest BCUT2D eigenvalue weighted by atomic mass is 32.1. The molecule has 0 radical (unpaired) electrons. The fourth-order valence-corrected chi connectivity index (χ4v) is 2.39. The lowest BCUT2D eigenvalue weighted by atomic mass is 10.2. The molecule has 0 aliphatic heterocycles. The molecule has 1 aliphatic rings. The molecule has 0 atom stereocenters. The van der Waals surface area contributed by atoms with Crippen LogP contribution in [0.15, 0.2) is 0 Å². The quantitative estimate of drug-likeness (QED) is 0.729.